The van der Waals surface area contributed by atoms with E-state index in [1.165, 1.54) is 0 Å². The second kappa shape index (κ2) is 12.2. The second-order valence-electron chi connectivity index (χ2n) is 9.58. The first-order valence-corrected chi connectivity index (χ1v) is 14.9. The van der Waals surface area contributed by atoms with Gasteiger partial charge < -0.3 is 15.1 Å². The Kier molecular flexibility index (Phi) is 8.95. The van der Waals surface area contributed by atoms with E-state index in [9.17, 15) is 8.42 Å². The zero-order valence-electron chi connectivity index (χ0n) is 21.9. The average Bonchev–Trinajstić information content (AvgIpc) is 2.88. The van der Waals surface area contributed by atoms with Crippen LogP contribution >= 0.6 is 11.6 Å². The predicted octanol–water partition coefficient (Wildman–Crippen LogP) is 6.70. The van der Waals surface area contributed by atoms with E-state index in [1.807, 2.05) is 67.5 Å². The van der Waals surface area contributed by atoms with Gasteiger partial charge in [-0.05, 0) is 68.2 Å². The summed E-state index contributed by atoms with van der Waals surface area (Å²) in [6, 6.07) is 23.6. The van der Waals surface area contributed by atoms with E-state index in [0.717, 1.165) is 70.5 Å². The molecular weight excluding hydrogens is 502 g/mol. The van der Waals surface area contributed by atoms with Crippen molar-refractivity contribution in [1.29, 1.82) is 0 Å². The fraction of sp³-hybridized carbons (Fsp3) is 0.333. The van der Waals surface area contributed by atoms with Crippen molar-refractivity contribution in [3.05, 3.63) is 77.8 Å². The van der Waals surface area contributed by atoms with Gasteiger partial charge in [-0.2, -0.15) is 0 Å². The first-order chi connectivity index (χ1) is 17.8. The predicted molar refractivity (Wildman–Crippen MR) is 159 cm³/mol. The summed E-state index contributed by atoms with van der Waals surface area (Å²) in [7, 11) is 0.565. The van der Waals surface area contributed by atoms with E-state index in [2.05, 4.69) is 35.3 Å². The minimum Gasteiger partial charge on any atom is -0.384 e. The van der Waals surface area contributed by atoms with Gasteiger partial charge in [-0.25, -0.2) is 8.42 Å². The Morgan fingerprint density at radius 3 is 2.35 bits per heavy atom. The molecule has 0 aromatic heterocycles. The third-order valence-electron chi connectivity index (χ3n) is 6.82. The van der Waals surface area contributed by atoms with Crippen molar-refractivity contribution in [2.24, 2.45) is 0 Å². The highest BCUT2D eigenvalue weighted by Gasteiger charge is 2.19. The Bertz CT molecular complexity index is 1470. The second-order valence-corrected chi connectivity index (χ2v) is 12.1. The first-order valence-electron chi connectivity index (χ1n) is 12.9. The normalized spacial score (nSPS) is 11.9. The summed E-state index contributed by atoms with van der Waals surface area (Å²) in [5.41, 5.74) is 2.13. The van der Waals surface area contributed by atoms with Gasteiger partial charge in [-0.3, -0.25) is 0 Å². The Hall–Kier alpha value is -2.80. The average molecular weight is 538 g/mol. The van der Waals surface area contributed by atoms with Crippen LogP contribution in [0, 0.1) is 0 Å². The standard InChI is InChI=1S/C30H36ClN3O2S/c1-4-34(19-8-18-32-28-13-5-10-23-22-24(31)16-17-25(23)28)20-9-21-37(35,36)30-15-7-11-26-27(30)12-6-14-29(26)33(2)3/h5-7,10-17,22,32H,4,8-9,18-21H2,1-3H3. The van der Waals surface area contributed by atoms with Gasteiger partial charge in [0.1, 0.15) is 0 Å². The SMILES string of the molecule is CCN(CCCNc1cccc2cc(Cl)ccc12)CCCS(=O)(=O)c1cccc2c(N(C)C)cccc12. The molecule has 4 aromatic carbocycles. The number of anilines is 2. The van der Waals surface area contributed by atoms with Crippen LogP contribution in [0.15, 0.2) is 77.7 Å². The fourth-order valence-electron chi connectivity index (χ4n) is 4.88. The van der Waals surface area contributed by atoms with Crippen LogP contribution in [0.1, 0.15) is 19.8 Å². The largest absolute Gasteiger partial charge is 0.384 e. The van der Waals surface area contributed by atoms with Crippen LogP contribution in [0.25, 0.3) is 21.5 Å². The lowest BCUT2D eigenvalue weighted by Gasteiger charge is -2.21. The lowest BCUT2D eigenvalue weighted by atomic mass is 10.1. The minimum absolute atomic E-state index is 0.144. The molecule has 0 unspecified atom stereocenters. The zero-order valence-corrected chi connectivity index (χ0v) is 23.4. The third-order valence-corrected chi connectivity index (χ3v) is 8.91. The molecule has 0 radical (unpaired) electrons. The molecule has 0 saturated carbocycles. The van der Waals surface area contributed by atoms with Crippen LogP contribution in [-0.2, 0) is 9.84 Å². The summed E-state index contributed by atoms with van der Waals surface area (Å²) < 4.78 is 26.6. The van der Waals surface area contributed by atoms with Crippen molar-refractivity contribution in [3.8, 4) is 0 Å². The summed E-state index contributed by atoms with van der Waals surface area (Å²) in [4.78, 5) is 4.77. The summed E-state index contributed by atoms with van der Waals surface area (Å²) in [6.07, 6.45) is 1.58. The van der Waals surface area contributed by atoms with E-state index in [-0.39, 0.29) is 5.75 Å². The van der Waals surface area contributed by atoms with E-state index < -0.39 is 9.84 Å². The maximum atomic E-state index is 13.3. The third kappa shape index (κ3) is 6.56. The van der Waals surface area contributed by atoms with Crippen molar-refractivity contribution >= 4 is 54.4 Å². The monoisotopic (exact) mass is 537 g/mol. The van der Waals surface area contributed by atoms with Gasteiger partial charge in [0.25, 0.3) is 0 Å². The van der Waals surface area contributed by atoms with Crippen molar-refractivity contribution in [2.75, 3.05) is 56.2 Å². The highest BCUT2D eigenvalue weighted by Crippen LogP contribution is 2.31. The number of nitrogens with one attached hydrogen (secondary N) is 1. The maximum Gasteiger partial charge on any atom is 0.179 e. The molecule has 0 amide bonds. The Morgan fingerprint density at radius 1 is 0.838 bits per heavy atom. The number of hydrogen-bond acceptors (Lipinski definition) is 5. The Morgan fingerprint density at radius 2 is 1.57 bits per heavy atom. The van der Waals surface area contributed by atoms with Gasteiger partial charge >= 0.3 is 0 Å². The highest BCUT2D eigenvalue weighted by atomic mass is 35.5. The van der Waals surface area contributed by atoms with Crippen molar-refractivity contribution < 1.29 is 8.42 Å². The molecule has 0 aliphatic rings. The fourth-order valence-corrected chi connectivity index (χ4v) is 6.58. The van der Waals surface area contributed by atoms with E-state index in [4.69, 9.17) is 11.6 Å². The molecule has 4 aromatic rings. The number of hydrogen-bond donors (Lipinski definition) is 1. The van der Waals surface area contributed by atoms with Crippen LogP contribution in [-0.4, -0.2) is 59.3 Å². The van der Waals surface area contributed by atoms with Gasteiger partial charge in [0.2, 0.25) is 0 Å². The number of halogens is 1. The number of rotatable bonds is 12. The first kappa shape index (κ1) is 27.2. The van der Waals surface area contributed by atoms with Crippen molar-refractivity contribution in [1.82, 2.24) is 4.90 Å². The molecule has 0 aliphatic heterocycles. The zero-order chi connectivity index (χ0) is 26.4. The quantitative estimate of drug-likeness (QED) is 0.204. The molecule has 5 nitrogen and oxygen atoms in total. The Balaban J connectivity index is 1.31. The number of fused-ring (bicyclic) bond motifs is 2. The van der Waals surface area contributed by atoms with Crippen LogP contribution in [0.4, 0.5) is 11.4 Å². The molecule has 4 rings (SSSR count). The van der Waals surface area contributed by atoms with E-state index >= 15 is 0 Å². The molecular formula is C30H36ClN3O2S. The molecule has 37 heavy (non-hydrogen) atoms. The van der Waals surface area contributed by atoms with E-state index in [1.54, 1.807) is 6.07 Å². The van der Waals surface area contributed by atoms with Gasteiger partial charge in [-0.1, -0.05) is 61.0 Å². The van der Waals surface area contributed by atoms with Crippen LogP contribution < -0.4 is 10.2 Å². The Labute approximate surface area is 225 Å². The number of nitrogens with zero attached hydrogens (tertiary/aromatic N) is 2. The van der Waals surface area contributed by atoms with Gasteiger partial charge in [0, 0.05) is 53.2 Å². The van der Waals surface area contributed by atoms with Crippen LogP contribution in [0.5, 0.6) is 0 Å². The smallest absolute Gasteiger partial charge is 0.179 e. The molecule has 0 bridgehead atoms. The highest BCUT2D eigenvalue weighted by molar-refractivity contribution is 7.91. The lowest BCUT2D eigenvalue weighted by Crippen LogP contribution is -2.28. The molecule has 0 fully saturated rings. The molecule has 0 saturated heterocycles. The molecule has 0 atom stereocenters. The summed E-state index contributed by atoms with van der Waals surface area (Å²) in [5, 5.41) is 8.33. The summed E-state index contributed by atoms with van der Waals surface area (Å²) in [5.74, 6) is 0.144. The van der Waals surface area contributed by atoms with Gasteiger partial charge in [0.05, 0.1) is 10.6 Å². The lowest BCUT2D eigenvalue weighted by molar-refractivity contribution is 0.288. The number of benzene rings is 4. The number of sulfone groups is 1. The molecule has 1 N–H and O–H groups in total. The topological polar surface area (TPSA) is 52.7 Å². The molecule has 7 heteroatoms. The summed E-state index contributed by atoms with van der Waals surface area (Å²) in [6.45, 7) is 5.55. The van der Waals surface area contributed by atoms with Crippen molar-refractivity contribution in [2.45, 2.75) is 24.7 Å². The molecule has 0 aliphatic carbocycles. The van der Waals surface area contributed by atoms with Gasteiger partial charge in [0.15, 0.2) is 9.84 Å². The molecule has 0 heterocycles. The molecule has 196 valence electrons. The van der Waals surface area contributed by atoms with Crippen LogP contribution in [0.3, 0.4) is 0 Å². The van der Waals surface area contributed by atoms with Crippen molar-refractivity contribution in [3.63, 3.8) is 0 Å². The maximum absolute atomic E-state index is 13.3. The van der Waals surface area contributed by atoms with E-state index in [0.29, 0.717) is 11.3 Å². The van der Waals surface area contributed by atoms with Crippen LogP contribution in [0.2, 0.25) is 5.02 Å². The van der Waals surface area contributed by atoms with Gasteiger partial charge in [-0.15, -0.1) is 0 Å². The summed E-state index contributed by atoms with van der Waals surface area (Å²) >= 11 is 6.13. The minimum atomic E-state index is -3.39. The molecule has 0 spiro atoms.